The van der Waals surface area contributed by atoms with Crippen LogP contribution in [0.25, 0.3) is 11.4 Å². The van der Waals surface area contributed by atoms with E-state index in [0.717, 1.165) is 22.9 Å². The number of benzene rings is 2. The Morgan fingerprint density at radius 1 is 0.895 bits per heavy atom. The van der Waals surface area contributed by atoms with E-state index in [0.29, 0.717) is 5.82 Å². The Labute approximate surface area is 111 Å². The number of hydrogen-bond acceptors (Lipinski definition) is 3. The molecule has 1 aromatic heterocycles. The van der Waals surface area contributed by atoms with Crippen molar-refractivity contribution in [3.05, 3.63) is 60.4 Å². The number of aromatic nitrogens is 3. The summed E-state index contributed by atoms with van der Waals surface area (Å²) in [7, 11) is 0. The van der Waals surface area contributed by atoms with Crippen LogP contribution in [-0.2, 0) is 0 Å². The van der Waals surface area contributed by atoms with Crippen molar-refractivity contribution in [2.24, 2.45) is 0 Å². The minimum Gasteiger partial charge on any atom is -0.457 e. The van der Waals surface area contributed by atoms with E-state index in [-0.39, 0.29) is 0 Å². The quantitative estimate of drug-likeness (QED) is 0.774. The number of nitrogens with one attached hydrogen (secondary N) is 1. The summed E-state index contributed by atoms with van der Waals surface area (Å²) in [5.41, 5.74) is 0.963. The highest BCUT2D eigenvalue weighted by Crippen LogP contribution is 2.23. The van der Waals surface area contributed by atoms with E-state index in [9.17, 15) is 0 Å². The average molecular weight is 251 g/mol. The highest BCUT2D eigenvalue weighted by Gasteiger charge is 2.04. The summed E-state index contributed by atoms with van der Waals surface area (Å²) in [5, 5.41) is 6.95. The standard InChI is InChI=1S/C15H13N3O/c1-11-16-15(18-17-11)12-7-9-14(10-8-12)19-13-5-3-2-4-6-13/h2-10H,1H3,(H,16,17,18). The van der Waals surface area contributed by atoms with Gasteiger partial charge in [-0.05, 0) is 43.3 Å². The second-order valence-electron chi connectivity index (χ2n) is 4.18. The van der Waals surface area contributed by atoms with Gasteiger partial charge < -0.3 is 4.74 Å². The molecule has 0 saturated heterocycles. The summed E-state index contributed by atoms with van der Waals surface area (Å²) in [6, 6.07) is 17.4. The zero-order valence-electron chi connectivity index (χ0n) is 10.5. The SMILES string of the molecule is Cc1nc(-c2ccc(Oc3ccccc3)cc2)n[nH]1. The average Bonchev–Trinajstić information content (AvgIpc) is 2.87. The van der Waals surface area contributed by atoms with Crippen LogP contribution in [0.15, 0.2) is 54.6 Å². The molecule has 1 heterocycles. The molecule has 1 N–H and O–H groups in total. The van der Waals surface area contributed by atoms with Gasteiger partial charge in [0, 0.05) is 5.56 Å². The highest BCUT2D eigenvalue weighted by molar-refractivity contribution is 5.56. The van der Waals surface area contributed by atoms with Crippen LogP contribution in [0.4, 0.5) is 0 Å². The number of aryl methyl sites for hydroxylation is 1. The summed E-state index contributed by atoms with van der Waals surface area (Å²) in [6.45, 7) is 1.88. The van der Waals surface area contributed by atoms with Gasteiger partial charge in [-0.3, -0.25) is 5.10 Å². The maximum absolute atomic E-state index is 5.73. The molecule has 0 aliphatic rings. The van der Waals surface area contributed by atoms with Crippen molar-refractivity contribution in [2.45, 2.75) is 6.92 Å². The summed E-state index contributed by atoms with van der Waals surface area (Å²) in [4.78, 5) is 4.29. The second-order valence-corrected chi connectivity index (χ2v) is 4.18. The smallest absolute Gasteiger partial charge is 0.181 e. The Balaban J connectivity index is 1.79. The summed E-state index contributed by atoms with van der Waals surface area (Å²) < 4.78 is 5.73. The fourth-order valence-electron chi connectivity index (χ4n) is 1.77. The lowest BCUT2D eigenvalue weighted by Gasteiger charge is -2.05. The fourth-order valence-corrected chi connectivity index (χ4v) is 1.77. The first kappa shape index (κ1) is 11.5. The topological polar surface area (TPSA) is 50.8 Å². The zero-order chi connectivity index (χ0) is 13.1. The molecule has 0 bridgehead atoms. The minimum absolute atomic E-state index is 0.698. The number of para-hydroxylation sites is 1. The molecule has 0 fully saturated rings. The van der Waals surface area contributed by atoms with Gasteiger partial charge in [-0.15, -0.1) is 0 Å². The molecule has 0 aliphatic carbocycles. The van der Waals surface area contributed by atoms with Crippen molar-refractivity contribution in [1.29, 1.82) is 0 Å². The van der Waals surface area contributed by atoms with Crippen LogP contribution in [0, 0.1) is 6.92 Å². The van der Waals surface area contributed by atoms with Crippen molar-refractivity contribution in [3.8, 4) is 22.9 Å². The fraction of sp³-hybridized carbons (Fsp3) is 0.0667. The summed E-state index contributed by atoms with van der Waals surface area (Å²) in [6.07, 6.45) is 0. The highest BCUT2D eigenvalue weighted by atomic mass is 16.5. The van der Waals surface area contributed by atoms with Crippen LogP contribution in [0.1, 0.15) is 5.82 Å². The molecular weight excluding hydrogens is 238 g/mol. The molecule has 0 unspecified atom stereocenters. The Hall–Kier alpha value is -2.62. The number of aromatic amines is 1. The molecule has 19 heavy (non-hydrogen) atoms. The minimum atomic E-state index is 0.698. The molecule has 3 rings (SSSR count). The third kappa shape index (κ3) is 2.63. The van der Waals surface area contributed by atoms with Crippen LogP contribution < -0.4 is 4.74 Å². The Morgan fingerprint density at radius 3 is 2.21 bits per heavy atom. The van der Waals surface area contributed by atoms with Crippen LogP contribution in [-0.4, -0.2) is 15.2 Å². The first-order valence-electron chi connectivity index (χ1n) is 6.03. The van der Waals surface area contributed by atoms with E-state index < -0.39 is 0 Å². The third-order valence-electron chi connectivity index (χ3n) is 2.69. The van der Waals surface area contributed by atoms with E-state index in [4.69, 9.17) is 4.74 Å². The molecular formula is C15H13N3O. The normalized spacial score (nSPS) is 10.4. The predicted molar refractivity (Wildman–Crippen MR) is 73.1 cm³/mol. The number of hydrogen-bond donors (Lipinski definition) is 1. The van der Waals surface area contributed by atoms with Crippen molar-refractivity contribution < 1.29 is 4.74 Å². The van der Waals surface area contributed by atoms with E-state index in [1.54, 1.807) is 0 Å². The molecule has 2 aromatic carbocycles. The van der Waals surface area contributed by atoms with Crippen LogP contribution in [0.3, 0.4) is 0 Å². The largest absolute Gasteiger partial charge is 0.457 e. The van der Waals surface area contributed by atoms with Gasteiger partial charge >= 0.3 is 0 Å². The molecule has 0 aliphatic heterocycles. The van der Waals surface area contributed by atoms with Gasteiger partial charge in [-0.2, -0.15) is 5.10 Å². The third-order valence-corrected chi connectivity index (χ3v) is 2.69. The van der Waals surface area contributed by atoms with E-state index in [2.05, 4.69) is 15.2 Å². The van der Waals surface area contributed by atoms with Gasteiger partial charge in [-0.25, -0.2) is 4.98 Å². The molecule has 0 radical (unpaired) electrons. The number of rotatable bonds is 3. The monoisotopic (exact) mass is 251 g/mol. The Kier molecular flexibility index (Phi) is 2.98. The Morgan fingerprint density at radius 2 is 1.58 bits per heavy atom. The first-order valence-corrected chi connectivity index (χ1v) is 6.03. The van der Waals surface area contributed by atoms with Crippen LogP contribution >= 0.6 is 0 Å². The van der Waals surface area contributed by atoms with Crippen LogP contribution in [0.5, 0.6) is 11.5 Å². The van der Waals surface area contributed by atoms with Gasteiger partial charge in [0.2, 0.25) is 0 Å². The molecule has 0 atom stereocenters. The molecule has 3 aromatic rings. The second kappa shape index (κ2) is 4.94. The Bertz CT molecular complexity index is 659. The molecule has 4 nitrogen and oxygen atoms in total. The number of nitrogens with zero attached hydrogens (tertiary/aromatic N) is 2. The maximum atomic E-state index is 5.73. The first-order chi connectivity index (χ1) is 9.31. The lowest BCUT2D eigenvalue weighted by Crippen LogP contribution is -1.85. The summed E-state index contributed by atoms with van der Waals surface area (Å²) in [5.74, 6) is 3.12. The molecule has 0 saturated carbocycles. The molecule has 94 valence electrons. The van der Waals surface area contributed by atoms with Gasteiger partial charge in [0.1, 0.15) is 17.3 Å². The number of ether oxygens (including phenoxy) is 1. The van der Waals surface area contributed by atoms with E-state index >= 15 is 0 Å². The van der Waals surface area contributed by atoms with Gasteiger partial charge in [-0.1, -0.05) is 18.2 Å². The van der Waals surface area contributed by atoms with E-state index in [1.165, 1.54) is 0 Å². The zero-order valence-corrected chi connectivity index (χ0v) is 10.5. The molecule has 0 spiro atoms. The lowest BCUT2D eigenvalue weighted by molar-refractivity contribution is 0.483. The number of H-pyrrole nitrogens is 1. The maximum Gasteiger partial charge on any atom is 0.181 e. The van der Waals surface area contributed by atoms with Crippen molar-refractivity contribution in [2.75, 3.05) is 0 Å². The molecule has 0 amide bonds. The van der Waals surface area contributed by atoms with Gasteiger partial charge in [0.05, 0.1) is 0 Å². The van der Waals surface area contributed by atoms with Crippen molar-refractivity contribution in [3.63, 3.8) is 0 Å². The lowest BCUT2D eigenvalue weighted by atomic mass is 10.2. The van der Waals surface area contributed by atoms with Crippen LogP contribution in [0.2, 0.25) is 0 Å². The molecule has 4 heteroatoms. The van der Waals surface area contributed by atoms with Crippen molar-refractivity contribution >= 4 is 0 Å². The summed E-state index contributed by atoms with van der Waals surface area (Å²) >= 11 is 0. The van der Waals surface area contributed by atoms with Crippen molar-refractivity contribution in [1.82, 2.24) is 15.2 Å². The van der Waals surface area contributed by atoms with Gasteiger partial charge in [0.25, 0.3) is 0 Å². The predicted octanol–water partition coefficient (Wildman–Crippen LogP) is 3.57. The van der Waals surface area contributed by atoms with E-state index in [1.807, 2.05) is 61.5 Å². The van der Waals surface area contributed by atoms with Gasteiger partial charge in [0.15, 0.2) is 5.82 Å².